The van der Waals surface area contributed by atoms with Crippen LogP contribution in [0.25, 0.3) is 0 Å². The first-order valence-corrected chi connectivity index (χ1v) is 7.34. The standard InChI is InChI=1S/C15H24N2O2/c1-18-10-12-4-5-17(8-12)9-15-6-13(11-19-15)7-16-14-2-3-14/h6,11-12,14,16H,2-5,7-10H2,1H3. The molecule has 0 aromatic carbocycles. The van der Waals surface area contributed by atoms with Crippen molar-refractivity contribution in [2.24, 2.45) is 5.92 Å². The maximum atomic E-state index is 5.66. The molecule has 2 heterocycles. The number of ether oxygens (including phenoxy) is 1. The van der Waals surface area contributed by atoms with Crippen LogP contribution in [0.2, 0.25) is 0 Å². The van der Waals surface area contributed by atoms with Gasteiger partial charge in [0.05, 0.1) is 19.4 Å². The summed E-state index contributed by atoms with van der Waals surface area (Å²) in [6, 6.07) is 2.95. The molecule has 1 aliphatic carbocycles. The molecule has 1 aliphatic heterocycles. The summed E-state index contributed by atoms with van der Waals surface area (Å²) in [4.78, 5) is 2.46. The summed E-state index contributed by atoms with van der Waals surface area (Å²) in [6.07, 6.45) is 5.80. The molecular weight excluding hydrogens is 240 g/mol. The summed E-state index contributed by atoms with van der Waals surface area (Å²) >= 11 is 0. The number of nitrogens with zero attached hydrogens (tertiary/aromatic N) is 1. The predicted molar refractivity (Wildman–Crippen MR) is 73.8 cm³/mol. The van der Waals surface area contributed by atoms with Gasteiger partial charge >= 0.3 is 0 Å². The normalized spacial score (nSPS) is 24.2. The van der Waals surface area contributed by atoms with Crippen molar-refractivity contribution in [3.8, 4) is 0 Å². The molecule has 1 unspecified atom stereocenters. The van der Waals surface area contributed by atoms with Crippen molar-refractivity contribution in [1.82, 2.24) is 10.2 Å². The lowest BCUT2D eigenvalue weighted by Crippen LogP contribution is -2.21. The van der Waals surface area contributed by atoms with Crippen molar-refractivity contribution in [2.75, 3.05) is 26.8 Å². The molecule has 19 heavy (non-hydrogen) atoms. The summed E-state index contributed by atoms with van der Waals surface area (Å²) in [5, 5.41) is 3.51. The van der Waals surface area contributed by atoms with E-state index in [2.05, 4.69) is 16.3 Å². The minimum Gasteiger partial charge on any atom is -0.468 e. The largest absolute Gasteiger partial charge is 0.468 e. The molecule has 106 valence electrons. The highest BCUT2D eigenvalue weighted by Crippen LogP contribution is 2.21. The summed E-state index contributed by atoms with van der Waals surface area (Å²) < 4.78 is 10.9. The fraction of sp³-hybridized carbons (Fsp3) is 0.733. The third kappa shape index (κ3) is 3.81. The van der Waals surface area contributed by atoms with Crippen LogP contribution in [-0.2, 0) is 17.8 Å². The van der Waals surface area contributed by atoms with Gasteiger partial charge in [-0.2, -0.15) is 0 Å². The Hall–Kier alpha value is -0.840. The molecule has 1 saturated heterocycles. The maximum Gasteiger partial charge on any atom is 0.118 e. The highest BCUT2D eigenvalue weighted by molar-refractivity contribution is 5.13. The Morgan fingerprint density at radius 2 is 2.32 bits per heavy atom. The Balaban J connectivity index is 1.44. The lowest BCUT2D eigenvalue weighted by molar-refractivity contribution is 0.151. The lowest BCUT2D eigenvalue weighted by Gasteiger charge is -2.13. The average Bonchev–Trinajstić information content (AvgIpc) is 2.97. The van der Waals surface area contributed by atoms with Crippen molar-refractivity contribution >= 4 is 0 Å². The first kappa shape index (κ1) is 13.2. The number of methoxy groups -OCH3 is 1. The molecule has 2 aliphatic rings. The van der Waals surface area contributed by atoms with Crippen molar-refractivity contribution in [3.05, 3.63) is 23.7 Å². The number of nitrogens with one attached hydrogen (secondary N) is 1. The zero-order chi connectivity index (χ0) is 13.1. The van der Waals surface area contributed by atoms with E-state index in [-0.39, 0.29) is 0 Å². The Morgan fingerprint density at radius 1 is 1.42 bits per heavy atom. The van der Waals surface area contributed by atoms with Crippen LogP contribution < -0.4 is 5.32 Å². The molecule has 0 radical (unpaired) electrons. The number of likely N-dealkylation sites (tertiary alicyclic amines) is 1. The van der Waals surface area contributed by atoms with E-state index in [0.717, 1.165) is 44.6 Å². The number of hydrogen-bond donors (Lipinski definition) is 1. The molecule has 0 amide bonds. The summed E-state index contributed by atoms with van der Waals surface area (Å²) in [6.45, 7) is 5.05. The van der Waals surface area contributed by atoms with Gasteiger partial charge in [0.1, 0.15) is 5.76 Å². The van der Waals surface area contributed by atoms with E-state index in [1.165, 1.54) is 24.8 Å². The Labute approximate surface area is 115 Å². The summed E-state index contributed by atoms with van der Waals surface area (Å²) in [7, 11) is 1.79. The van der Waals surface area contributed by atoms with Crippen molar-refractivity contribution in [1.29, 1.82) is 0 Å². The molecule has 1 saturated carbocycles. The van der Waals surface area contributed by atoms with Crippen molar-refractivity contribution < 1.29 is 9.15 Å². The second-order valence-electron chi connectivity index (χ2n) is 5.92. The third-order valence-corrected chi connectivity index (χ3v) is 4.03. The molecule has 1 N–H and O–H groups in total. The molecule has 2 fully saturated rings. The topological polar surface area (TPSA) is 37.6 Å². The lowest BCUT2D eigenvalue weighted by atomic mass is 10.1. The van der Waals surface area contributed by atoms with Crippen molar-refractivity contribution in [3.63, 3.8) is 0 Å². The summed E-state index contributed by atoms with van der Waals surface area (Å²) in [5.74, 6) is 1.78. The maximum absolute atomic E-state index is 5.66. The van der Waals surface area contributed by atoms with E-state index < -0.39 is 0 Å². The molecule has 4 nitrogen and oxygen atoms in total. The SMILES string of the molecule is COCC1CCN(Cc2cc(CNC3CC3)co2)C1. The molecular formula is C15H24N2O2. The van der Waals surface area contributed by atoms with E-state index in [1.807, 2.05) is 6.26 Å². The van der Waals surface area contributed by atoms with Crippen LogP contribution in [0.15, 0.2) is 16.7 Å². The molecule has 0 bridgehead atoms. The molecule has 0 spiro atoms. The first-order chi connectivity index (χ1) is 9.33. The summed E-state index contributed by atoms with van der Waals surface area (Å²) in [5.41, 5.74) is 1.27. The Morgan fingerprint density at radius 3 is 3.11 bits per heavy atom. The van der Waals surface area contributed by atoms with E-state index in [1.54, 1.807) is 7.11 Å². The van der Waals surface area contributed by atoms with Gasteiger partial charge in [-0.05, 0) is 37.8 Å². The van der Waals surface area contributed by atoms with Gasteiger partial charge in [-0.25, -0.2) is 0 Å². The quantitative estimate of drug-likeness (QED) is 0.817. The Kier molecular flexibility index (Phi) is 4.21. The van der Waals surface area contributed by atoms with Gasteiger partial charge < -0.3 is 14.5 Å². The van der Waals surface area contributed by atoms with Gasteiger partial charge in [-0.1, -0.05) is 0 Å². The van der Waals surface area contributed by atoms with Crippen LogP contribution in [0, 0.1) is 5.92 Å². The third-order valence-electron chi connectivity index (χ3n) is 4.03. The fourth-order valence-corrected chi connectivity index (χ4v) is 2.80. The first-order valence-electron chi connectivity index (χ1n) is 7.34. The fourth-order valence-electron chi connectivity index (χ4n) is 2.80. The minimum absolute atomic E-state index is 0.691. The van der Waals surface area contributed by atoms with Gasteiger partial charge in [0.15, 0.2) is 0 Å². The highest BCUT2D eigenvalue weighted by atomic mass is 16.5. The van der Waals surface area contributed by atoms with Gasteiger partial charge in [-0.3, -0.25) is 4.90 Å². The number of furan rings is 1. The second kappa shape index (κ2) is 6.07. The highest BCUT2D eigenvalue weighted by Gasteiger charge is 2.23. The van der Waals surface area contributed by atoms with Gasteiger partial charge in [-0.15, -0.1) is 0 Å². The molecule has 1 aromatic rings. The van der Waals surface area contributed by atoms with Crippen LogP contribution >= 0.6 is 0 Å². The molecule has 1 atom stereocenters. The van der Waals surface area contributed by atoms with E-state index in [0.29, 0.717) is 5.92 Å². The van der Waals surface area contributed by atoms with Crippen LogP contribution in [0.4, 0.5) is 0 Å². The predicted octanol–water partition coefficient (Wildman–Crippen LogP) is 2.00. The zero-order valence-electron chi connectivity index (χ0n) is 11.7. The van der Waals surface area contributed by atoms with Crippen LogP contribution in [0.3, 0.4) is 0 Å². The average molecular weight is 264 g/mol. The molecule has 1 aromatic heterocycles. The van der Waals surface area contributed by atoms with Gasteiger partial charge in [0.2, 0.25) is 0 Å². The minimum atomic E-state index is 0.691. The molecule has 4 heteroatoms. The number of hydrogen-bond acceptors (Lipinski definition) is 4. The zero-order valence-corrected chi connectivity index (χ0v) is 11.7. The van der Waals surface area contributed by atoms with Gasteiger partial charge in [0, 0.05) is 31.8 Å². The van der Waals surface area contributed by atoms with E-state index in [4.69, 9.17) is 9.15 Å². The molecule has 3 rings (SSSR count). The van der Waals surface area contributed by atoms with Gasteiger partial charge in [0.25, 0.3) is 0 Å². The smallest absolute Gasteiger partial charge is 0.118 e. The van der Waals surface area contributed by atoms with Crippen molar-refractivity contribution in [2.45, 2.75) is 38.4 Å². The van der Waals surface area contributed by atoms with Crippen LogP contribution in [0.5, 0.6) is 0 Å². The van der Waals surface area contributed by atoms with Crippen LogP contribution in [0.1, 0.15) is 30.6 Å². The van der Waals surface area contributed by atoms with Crippen LogP contribution in [-0.4, -0.2) is 37.7 Å². The van der Waals surface area contributed by atoms with E-state index >= 15 is 0 Å². The monoisotopic (exact) mass is 264 g/mol. The van der Waals surface area contributed by atoms with E-state index in [9.17, 15) is 0 Å². The second-order valence-corrected chi connectivity index (χ2v) is 5.92. The Bertz CT molecular complexity index is 401. The number of rotatable bonds is 7.